The number of carbonyl (C=O) groups is 1. The quantitative estimate of drug-likeness (QED) is 0.879. The van der Waals surface area contributed by atoms with Gasteiger partial charge in [-0.1, -0.05) is 12.1 Å². The normalized spacial score (nSPS) is 12.0. The summed E-state index contributed by atoms with van der Waals surface area (Å²) in [6.45, 7) is 0.0881. The summed E-state index contributed by atoms with van der Waals surface area (Å²) in [5.74, 6) is -0.542. The number of alkyl halides is 3. The molecule has 128 valence electrons. The average Bonchev–Trinajstić information content (AvgIpc) is 2.51. The van der Waals surface area contributed by atoms with Crippen molar-refractivity contribution >= 4 is 15.9 Å². The number of carbonyl (C=O) groups excluding carboxylic acids is 1. The summed E-state index contributed by atoms with van der Waals surface area (Å²) in [6.07, 6.45) is -4.46. The summed E-state index contributed by atoms with van der Waals surface area (Å²) in [6, 6.07) is 9.39. The van der Waals surface area contributed by atoms with Crippen LogP contribution in [0, 0.1) is 0 Å². The van der Waals surface area contributed by atoms with Crippen LogP contribution in [0.2, 0.25) is 0 Å². The number of sulfonamides is 1. The highest BCUT2D eigenvalue weighted by atomic mass is 32.2. The predicted molar refractivity (Wildman–Crippen MR) is 80.4 cm³/mol. The van der Waals surface area contributed by atoms with Crippen LogP contribution in [0.15, 0.2) is 53.4 Å². The van der Waals surface area contributed by atoms with E-state index < -0.39 is 27.7 Å². The molecule has 0 spiro atoms. The number of hydrogen-bond acceptors (Lipinski definition) is 3. The van der Waals surface area contributed by atoms with Crippen LogP contribution in [0.5, 0.6) is 0 Å². The molecule has 0 radical (unpaired) electrons. The Labute approximate surface area is 136 Å². The third kappa shape index (κ3) is 4.56. The minimum atomic E-state index is -4.46. The van der Waals surface area contributed by atoms with Gasteiger partial charge in [0.25, 0.3) is 5.91 Å². The number of halogens is 3. The Morgan fingerprint density at radius 2 is 1.54 bits per heavy atom. The van der Waals surface area contributed by atoms with E-state index in [2.05, 4.69) is 5.32 Å². The van der Waals surface area contributed by atoms with E-state index in [-0.39, 0.29) is 17.0 Å². The van der Waals surface area contributed by atoms with Gasteiger partial charge in [-0.15, -0.1) is 0 Å². The molecule has 0 aliphatic rings. The maximum Gasteiger partial charge on any atom is 0.416 e. The van der Waals surface area contributed by atoms with Gasteiger partial charge in [-0.3, -0.25) is 4.79 Å². The van der Waals surface area contributed by atoms with Crippen molar-refractivity contribution in [2.24, 2.45) is 5.14 Å². The van der Waals surface area contributed by atoms with Crippen LogP contribution >= 0.6 is 0 Å². The number of amides is 1. The number of nitrogens with one attached hydrogen (secondary N) is 1. The molecule has 0 aromatic heterocycles. The first-order valence-corrected chi connectivity index (χ1v) is 8.19. The van der Waals surface area contributed by atoms with Gasteiger partial charge in [0, 0.05) is 12.1 Å². The molecule has 0 aliphatic heterocycles. The molecule has 0 unspecified atom stereocenters. The van der Waals surface area contributed by atoms with Gasteiger partial charge in [-0.05, 0) is 42.0 Å². The molecule has 9 heteroatoms. The number of hydrogen-bond donors (Lipinski definition) is 2. The van der Waals surface area contributed by atoms with E-state index in [1.165, 1.54) is 24.3 Å². The van der Waals surface area contributed by atoms with Gasteiger partial charge >= 0.3 is 6.18 Å². The molecule has 0 bridgehead atoms. The Balaban J connectivity index is 2.00. The van der Waals surface area contributed by atoms with Crippen molar-refractivity contribution in [2.45, 2.75) is 17.6 Å². The van der Waals surface area contributed by atoms with Gasteiger partial charge in [0.15, 0.2) is 0 Å². The minimum Gasteiger partial charge on any atom is -0.348 e. The lowest BCUT2D eigenvalue weighted by molar-refractivity contribution is -0.137. The van der Waals surface area contributed by atoms with Gasteiger partial charge in [0.05, 0.1) is 10.5 Å². The maximum atomic E-state index is 12.5. The molecular formula is C15H13F3N2O3S. The number of benzene rings is 2. The topological polar surface area (TPSA) is 89.3 Å². The van der Waals surface area contributed by atoms with Crippen molar-refractivity contribution in [3.63, 3.8) is 0 Å². The second kappa shape index (κ2) is 6.62. The zero-order valence-electron chi connectivity index (χ0n) is 12.2. The summed E-state index contributed by atoms with van der Waals surface area (Å²) >= 11 is 0. The van der Waals surface area contributed by atoms with Crippen molar-refractivity contribution in [3.05, 3.63) is 65.2 Å². The van der Waals surface area contributed by atoms with Gasteiger partial charge in [0.2, 0.25) is 10.0 Å². The van der Waals surface area contributed by atoms with E-state index >= 15 is 0 Å². The standard InChI is InChI=1S/C15H13F3N2O3S/c16-15(17,18)12-5-3-11(4-6-12)14(21)20-9-10-1-7-13(8-2-10)24(19,22)23/h1-8H,9H2,(H,20,21)(H2,19,22,23). The van der Waals surface area contributed by atoms with Crippen LogP contribution in [-0.2, 0) is 22.7 Å². The van der Waals surface area contributed by atoms with Gasteiger partial charge in [0.1, 0.15) is 0 Å². The largest absolute Gasteiger partial charge is 0.416 e. The number of primary sulfonamides is 1. The lowest BCUT2D eigenvalue weighted by Gasteiger charge is -2.09. The van der Waals surface area contributed by atoms with Crippen LogP contribution in [-0.4, -0.2) is 14.3 Å². The molecular weight excluding hydrogens is 345 g/mol. The Morgan fingerprint density at radius 3 is 2.00 bits per heavy atom. The molecule has 2 rings (SSSR count). The molecule has 0 saturated heterocycles. The SMILES string of the molecule is NS(=O)(=O)c1ccc(CNC(=O)c2ccc(C(F)(F)F)cc2)cc1. The van der Waals surface area contributed by atoms with Crippen LogP contribution in [0.4, 0.5) is 13.2 Å². The molecule has 0 saturated carbocycles. The first kappa shape index (κ1) is 18.0. The Kier molecular flexibility index (Phi) is 4.95. The average molecular weight is 358 g/mol. The fraction of sp³-hybridized carbons (Fsp3) is 0.133. The fourth-order valence-corrected chi connectivity index (χ4v) is 2.41. The van der Waals surface area contributed by atoms with Crippen LogP contribution in [0.1, 0.15) is 21.5 Å². The lowest BCUT2D eigenvalue weighted by atomic mass is 10.1. The second-order valence-electron chi connectivity index (χ2n) is 4.95. The monoisotopic (exact) mass is 358 g/mol. The summed E-state index contributed by atoms with van der Waals surface area (Å²) in [5, 5.41) is 7.50. The highest BCUT2D eigenvalue weighted by Crippen LogP contribution is 2.29. The Hall–Kier alpha value is -2.39. The Morgan fingerprint density at radius 1 is 1.00 bits per heavy atom. The summed E-state index contributed by atoms with van der Waals surface area (Å²) in [7, 11) is -3.79. The smallest absolute Gasteiger partial charge is 0.348 e. The van der Waals surface area contributed by atoms with Crippen molar-refractivity contribution < 1.29 is 26.4 Å². The molecule has 2 aromatic carbocycles. The fourth-order valence-electron chi connectivity index (χ4n) is 1.89. The van der Waals surface area contributed by atoms with Crippen LogP contribution in [0.3, 0.4) is 0 Å². The summed E-state index contributed by atoms with van der Waals surface area (Å²) < 4.78 is 59.6. The summed E-state index contributed by atoms with van der Waals surface area (Å²) in [5.41, 5.74) is -0.135. The molecule has 24 heavy (non-hydrogen) atoms. The van der Waals surface area contributed by atoms with E-state index in [9.17, 15) is 26.4 Å². The third-order valence-electron chi connectivity index (χ3n) is 3.18. The number of rotatable bonds is 4. The number of nitrogens with two attached hydrogens (primary N) is 1. The predicted octanol–water partition coefficient (Wildman–Crippen LogP) is 2.28. The van der Waals surface area contributed by atoms with E-state index in [1.807, 2.05) is 0 Å². The first-order valence-electron chi connectivity index (χ1n) is 6.64. The Bertz CT molecular complexity index is 830. The second-order valence-corrected chi connectivity index (χ2v) is 6.51. The van der Waals surface area contributed by atoms with E-state index in [4.69, 9.17) is 5.14 Å². The molecule has 5 nitrogen and oxygen atoms in total. The van der Waals surface area contributed by atoms with Crippen LogP contribution in [0.25, 0.3) is 0 Å². The first-order chi connectivity index (χ1) is 11.1. The van der Waals surface area contributed by atoms with E-state index in [0.717, 1.165) is 24.3 Å². The van der Waals surface area contributed by atoms with Gasteiger partial charge in [-0.2, -0.15) is 13.2 Å². The van der Waals surface area contributed by atoms with Crippen molar-refractivity contribution in [3.8, 4) is 0 Å². The third-order valence-corrected chi connectivity index (χ3v) is 4.11. The van der Waals surface area contributed by atoms with Crippen molar-refractivity contribution in [1.82, 2.24) is 5.32 Å². The zero-order chi connectivity index (χ0) is 18.0. The summed E-state index contributed by atoms with van der Waals surface area (Å²) in [4.78, 5) is 11.8. The van der Waals surface area contributed by atoms with Crippen molar-refractivity contribution in [2.75, 3.05) is 0 Å². The highest BCUT2D eigenvalue weighted by Gasteiger charge is 2.30. The minimum absolute atomic E-state index is 0.0553. The molecule has 2 aromatic rings. The van der Waals surface area contributed by atoms with Gasteiger partial charge < -0.3 is 5.32 Å². The lowest BCUT2D eigenvalue weighted by Crippen LogP contribution is -2.23. The molecule has 0 fully saturated rings. The molecule has 0 aliphatic carbocycles. The zero-order valence-corrected chi connectivity index (χ0v) is 13.0. The molecule has 1 amide bonds. The molecule has 3 N–H and O–H groups in total. The maximum absolute atomic E-state index is 12.5. The van der Waals surface area contributed by atoms with Crippen molar-refractivity contribution in [1.29, 1.82) is 0 Å². The highest BCUT2D eigenvalue weighted by molar-refractivity contribution is 7.89. The van der Waals surface area contributed by atoms with Crippen LogP contribution < -0.4 is 10.5 Å². The molecule has 0 heterocycles. The van der Waals surface area contributed by atoms with E-state index in [1.54, 1.807) is 0 Å². The van der Waals surface area contributed by atoms with Gasteiger partial charge in [-0.25, -0.2) is 13.6 Å². The van der Waals surface area contributed by atoms with E-state index in [0.29, 0.717) is 5.56 Å². The molecule has 0 atom stereocenters.